The Balaban J connectivity index is 1.47. The largest absolute Gasteiger partial charge is 0.0625 e. The van der Waals surface area contributed by atoms with Crippen LogP contribution in [0, 0.1) is 53.3 Å². The quantitative estimate of drug-likeness (QED) is 0.542. The predicted octanol–water partition coefficient (Wildman–Crippen LogP) is 6.16. The Morgan fingerprint density at radius 3 is 1.62 bits per heavy atom. The molecule has 0 saturated heterocycles. The van der Waals surface area contributed by atoms with Crippen molar-refractivity contribution in [1.82, 2.24) is 0 Å². The van der Waals surface area contributed by atoms with E-state index >= 15 is 0 Å². The van der Waals surface area contributed by atoms with E-state index in [4.69, 9.17) is 0 Å². The van der Waals surface area contributed by atoms with Crippen molar-refractivity contribution in [2.45, 2.75) is 78.6 Å². The zero-order chi connectivity index (χ0) is 14.6. The molecular weight excluding hydrogens is 252 g/mol. The van der Waals surface area contributed by atoms with Gasteiger partial charge in [-0.3, -0.25) is 0 Å². The third kappa shape index (κ3) is 2.70. The van der Waals surface area contributed by atoms with Crippen molar-refractivity contribution in [2.75, 3.05) is 0 Å². The van der Waals surface area contributed by atoms with Gasteiger partial charge in [-0.2, -0.15) is 0 Å². The van der Waals surface area contributed by atoms with E-state index in [9.17, 15) is 0 Å². The zero-order valence-electron chi connectivity index (χ0n) is 14.6. The first kappa shape index (κ1) is 14.6. The predicted molar refractivity (Wildman–Crippen MR) is 90.0 cm³/mol. The Hall–Kier alpha value is 0. The van der Waals surface area contributed by atoms with E-state index in [1.807, 2.05) is 0 Å². The van der Waals surface area contributed by atoms with Crippen molar-refractivity contribution in [3.8, 4) is 0 Å². The second-order valence-corrected chi connectivity index (χ2v) is 9.88. The third-order valence-corrected chi connectivity index (χ3v) is 8.29. The minimum absolute atomic E-state index is 0.991. The molecule has 7 rings (SSSR count). The Kier molecular flexibility index (Phi) is 3.87. The molecule has 3 unspecified atom stereocenters. The second kappa shape index (κ2) is 5.57. The van der Waals surface area contributed by atoms with Crippen molar-refractivity contribution in [3.05, 3.63) is 0 Å². The molecule has 7 saturated carbocycles. The van der Waals surface area contributed by atoms with Crippen molar-refractivity contribution in [3.63, 3.8) is 0 Å². The Bertz CT molecular complexity index is 338. The molecule has 7 aliphatic rings. The van der Waals surface area contributed by atoms with Gasteiger partial charge in [0.2, 0.25) is 0 Å². The summed E-state index contributed by atoms with van der Waals surface area (Å²) < 4.78 is 0. The van der Waals surface area contributed by atoms with Gasteiger partial charge < -0.3 is 0 Å². The third-order valence-electron chi connectivity index (χ3n) is 8.29. The summed E-state index contributed by atoms with van der Waals surface area (Å²) in [6.45, 7) is 7.56. The molecule has 0 aliphatic heterocycles. The van der Waals surface area contributed by atoms with Crippen LogP contribution in [0.1, 0.15) is 78.6 Å². The molecule has 120 valence electrons. The highest BCUT2D eigenvalue weighted by Gasteiger charge is 2.48. The van der Waals surface area contributed by atoms with E-state index in [0.717, 1.165) is 53.3 Å². The summed E-state index contributed by atoms with van der Waals surface area (Å²) in [5.41, 5.74) is 0. The summed E-state index contributed by atoms with van der Waals surface area (Å²) in [4.78, 5) is 0. The van der Waals surface area contributed by atoms with Crippen LogP contribution in [0.2, 0.25) is 0 Å². The molecule has 7 aliphatic carbocycles. The molecule has 0 nitrogen and oxygen atoms in total. The van der Waals surface area contributed by atoms with Gasteiger partial charge in [-0.25, -0.2) is 0 Å². The van der Waals surface area contributed by atoms with Crippen LogP contribution in [0.5, 0.6) is 0 Å². The summed E-state index contributed by atoms with van der Waals surface area (Å²) in [6.07, 6.45) is 14.2. The molecule has 21 heavy (non-hydrogen) atoms. The monoisotopic (exact) mass is 288 g/mol. The summed E-state index contributed by atoms with van der Waals surface area (Å²) in [7, 11) is 0. The fourth-order valence-electron chi connectivity index (χ4n) is 6.92. The fourth-order valence-corrected chi connectivity index (χ4v) is 6.92. The van der Waals surface area contributed by atoms with Crippen LogP contribution in [0.25, 0.3) is 0 Å². The highest BCUT2D eigenvalue weighted by Crippen LogP contribution is 2.58. The average molecular weight is 289 g/mol. The average Bonchev–Trinajstić information content (AvgIpc) is 2.37. The van der Waals surface area contributed by atoms with Crippen LogP contribution >= 0.6 is 0 Å². The lowest BCUT2D eigenvalue weighted by Gasteiger charge is -2.55. The van der Waals surface area contributed by atoms with E-state index in [2.05, 4.69) is 20.8 Å². The maximum Gasteiger partial charge on any atom is -0.0328 e. The number of hydrogen-bond donors (Lipinski definition) is 0. The van der Waals surface area contributed by atoms with Crippen molar-refractivity contribution in [1.29, 1.82) is 0 Å². The van der Waals surface area contributed by atoms with E-state index in [0.29, 0.717) is 0 Å². The minimum Gasteiger partial charge on any atom is -0.0625 e. The van der Waals surface area contributed by atoms with E-state index in [-0.39, 0.29) is 0 Å². The molecule has 0 radical (unpaired) electrons. The van der Waals surface area contributed by atoms with Crippen LogP contribution in [0.4, 0.5) is 0 Å². The molecule has 0 heterocycles. The van der Waals surface area contributed by atoms with Crippen molar-refractivity contribution >= 4 is 0 Å². The van der Waals surface area contributed by atoms with Gasteiger partial charge in [-0.15, -0.1) is 0 Å². The second-order valence-electron chi connectivity index (χ2n) is 9.88. The maximum atomic E-state index is 2.53. The molecule has 0 heteroatoms. The minimum atomic E-state index is 0.991. The van der Waals surface area contributed by atoms with Gasteiger partial charge in [-0.05, 0) is 105 Å². The molecule has 4 bridgehead atoms. The first-order valence-corrected chi connectivity index (χ1v) is 10.1. The highest BCUT2D eigenvalue weighted by atomic mass is 14.5. The first-order valence-electron chi connectivity index (χ1n) is 10.1. The van der Waals surface area contributed by atoms with Crippen molar-refractivity contribution < 1.29 is 0 Å². The van der Waals surface area contributed by atoms with Crippen LogP contribution in [-0.4, -0.2) is 0 Å². The molecular formula is C21H36. The van der Waals surface area contributed by atoms with Crippen molar-refractivity contribution in [2.24, 2.45) is 53.3 Å². The van der Waals surface area contributed by atoms with Gasteiger partial charge in [-0.1, -0.05) is 27.2 Å². The van der Waals surface area contributed by atoms with E-state index in [1.54, 1.807) is 51.4 Å². The number of rotatable bonds is 1. The highest BCUT2D eigenvalue weighted by molar-refractivity contribution is 4.98. The fraction of sp³-hybridized carbons (Fsp3) is 1.00. The first-order chi connectivity index (χ1) is 10.1. The molecule has 0 spiro atoms. The zero-order valence-corrected chi connectivity index (χ0v) is 14.6. The van der Waals surface area contributed by atoms with Gasteiger partial charge in [0.15, 0.2) is 0 Å². The Morgan fingerprint density at radius 1 is 0.524 bits per heavy atom. The van der Waals surface area contributed by atoms with Gasteiger partial charge >= 0.3 is 0 Å². The molecule has 0 aromatic heterocycles. The molecule has 0 aromatic rings. The van der Waals surface area contributed by atoms with Gasteiger partial charge in [0.1, 0.15) is 0 Å². The SMILES string of the molecule is CC1CC2CC(C2)C(C2CCC(C)C(C)C2)C2CC(C1)C2. The Morgan fingerprint density at radius 2 is 1.10 bits per heavy atom. The molecule has 0 N–H and O–H groups in total. The van der Waals surface area contributed by atoms with Crippen LogP contribution in [0.3, 0.4) is 0 Å². The lowest BCUT2D eigenvalue weighted by Crippen LogP contribution is -2.46. The van der Waals surface area contributed by atoms with Gasteiger partial charge in [0, 0.05) is 0 Å². The lowest BCUT2D eigenvalue weighted by molar-refractivity contribution is -0.0511. The van der Waals surface area contributed by atoms with Gasteiger partial charge in [0.05, 0.1) is 0 Å². The smallest absolute Gasteiger partial charge is 0.0328 e. The molecule has 0 amide bonds. The van der Waals surface area contributed by atoms with Crippen LogP contribution in [-0.2, 0) is 0 Å². The summed E-state index contributed by atoms with van der Waals surface area (Å²) in [5.74, 6) is 9.75. The van der Waals surface area contributed by atoms with Crippen LogP contribution < -0.4 is 0 Å². The molecule has 0 aromatic carbocycles. The van der Waals surface area contributed by atoms with E-state index < -0.39 is 0 Å². The maximum absolute atomic E-state index is 2.53. The molecule has 7 fully saturated rings. The summed E-state index contributed by atoms with van der Waals surface area (Å²) in [6, 6.07) is 0. The standard InChI is InChI=1S/C21H36/c1-13-6-16-9-19(10-16)21(20-11-17(7-13)12-20)18-5-4-14(2)15(3)8-18/h13-21H,4-12H2,1-3H3. The van der Waals surface area contributed by atoms with Gasteiger partial charge in [0.25, 0.3) is 0 Å². The van der Waals surface area contributed by atoms with Crippen LogP contribution in [0.15, 0.2) is 0 Å². The molecule has 3 atom stereocenters. The number of hydrogen-bond acceptors (Lipinski definition) is 0. The topological polar surface area (TPSA) is 0 Å². The normalized spacial score (nSPS) is 57.0. The lowest BCUT2D eigenvalue weighted by atomic mass is 9.50. The Labute approximate surface area is 132 Å². The van der Waals surface area contributed by atoms with E-state index in [1.165, 1.54) is 6.42 Å². The summed E-state index contributed by atoms with van der Waals surface area (Å²) in [5, 5.41) is 0. The summed E-state index contributed by atoms with van der Waals surface area (Å²) >= 11 is 0.